The molecule has 4 rings (SSSR count). The average molecular weight is 386 g/mol. The molecule has 2 aromatic carbocycles. The monoisotopic (exact) mass is 386 g/mol. The lowest BCUT2D eigenvalue weighted by atomic mass is 9.81. The molecule has 2 aliphatic heterocycles. The molecule has 0 aliphatic carbocycles. The predicted molar refractivity (Wildman–Crippen MR) is 98.9 cm³/mol. The van der Waals surface area contributed by atoms with Crippen LogP contribution in [0.2, 0.25) is 0 Å². The van der Waals surface area contributed by atoms with E-state index < -0.39 is 11.6 Å². The maximum atomic E-state index is 12.4. The van der Waals surface area contributed by atoms with Gasteiger partial charge in [0.05, 0.1) is 20.8 Å². The third kappa shape index (κ3) is 3.22. The van der Waals surface area contributed by atoms with Crippen molar-refractivity contribution >= 4 is 5.97 Å². The first kappa shape index (κ1) is 18.4. The Kier molecular flexibility index (Phi) is 4.77. The van der Waals surface area contributed by atoms with Gasteiger partial charge in [0.15, 0.2) is 28.6 Å². The molecule has 1 fully saturated rings. The first-order chi connectivity index (χ1) is 13.5. The highest BCUT2D eigenvalue weighted by atomic mass is 16.7. The van der Waals surface area contributed by atoms with Gasteiger partial charge in [-0.3, -0.25) is 0 Å². The molecule has 0 saturated carbocycles. The lowest BCUT2D eigenvalue weighted by Crippen LogP contribution is -2.44. The molecule has 0 bridgehead atoms. The molecular weight excluding hydrogens is 364 g/mol. The van der Waals surface area contributed by atoms with Gasteiger partial charge in [0.1, 0.15) is 0 Å². The number of ether oxygens (including phenoxy) is 5. The fraction of sp³-hybridized carbons (Fsp3) is 0.381. The zero-order chi connectivity index (χ0) is 19.7. The molecule has 1 N–H and O–H groups in total. The number of hydrogen-bond acceptors (Lipinski definition) is 7. The summed E-state index contributed by atoms with van der Waals surface area (Å²) in [6.45, 7) is 0.365. The van der Waals surface area contributed by atoms with Gasteiger partial charge in [-0.2, -0.15) is 0 Å². The first-order valence-electron chi connectivity index (χ1n) is 9.02. The van der Waals surface area contributed by atoms with Gasteiger partial charge in [0.25, 0.3) is 0 Å². The Bertz CT molecular complexity index is 894. The van der Waals surface area contributed by atoms with E-state index in [1.807, 2.05) is 24.3 Å². The fourth-order valence-corrected chi connectivity index (χ4v) is 3.70. The summed E-state index contributed by atoms with van der Waals surface area (Å²) in [4.78, 5) is 12.4. The largest absolute Gasteiger partial charge is 0.493 e. The molecule has 2 aliphatic rings. The van der Waals surface area contributed by atoms with Gasteiger partial charge in [-0.1, -0.05) is 12.1 Å². The molecule has 2 heterocycles. The van der Waals surface area contributed by atoms with E-state index in [-0.39, 0.29) is 25.7 Å². The maximum Gasteiger partial charge on any atom is 0.338 e. The van der Waals surface area contributed by atoms with Crippen LogP contribution < -0.4 is 18.9 Å². The zero-order valence-electron chi connectivity index (χ0n) is 15.8. The number of cyclic esters (lactones) is 1. The summed E-state index contributed by atoms with van der Waals surface area (Å²) >= 11 is 0. The van der Waals surface area contributed by atoms with Crippen LogP contribution in [-0.4, -0.2) is 44.3 Å². The third-order valence-corrected chi connectivity index (χ3v) is 5.29. The van der Waals surface area contributed by atoms with E-state index in [0.717, 1.165) is 11.1 Å². The van der Waals surface area contributed by atoms with Gasteiger partial charge in [-0.05, 0) is 41.8 Å². The molecule has 0 radical (unpaired) electrons. The summed E-state index contributed by atoms with van der Waals surface area (Å²) in [5.74, 6) is 1.52. The van der Waals surface area contributed by atoms with E-state index in [1.54, 1.807) is 26.4 Å². The quantitative estimate of drug-likeness (QED) is 0.762. The standard InChI is InChI=1S/C21H22O7/c1-24-16-5-4-14(9-18(16)25-2)10-21(23)15(11-26-20(21)22)7-13-3-6-17-19(8-13)28-12-27-17/h3-6,8-9,15,23H,7,10-12H2,1-2H3/t15-,21+/m0/s1. The number of hydrogen-bond donors (Lipinski definition) is 1. The summed E-state index contributed by atoms with van der Waals surface area (Å²) in [5.41, 5.74) is 0.0867. The number of fused-ring (bicyclic) bond motifs is 1. The van der Waals surface area contributed by atoms with Gasteiger partial charge in [-0.15, -0.1) is 0 Å². The van der Waals surface area contributed by atoms with Crippen molar-refractivity contribution in [3.05, 3.63) is 47.5 Å². The van der Waals surface area contributed by atoms with Gasteiger partial charge >= 0.3 is 5.97 Å². The van der Waals surface area contributed by atoms with Gasteiger partial charge < -0.3 is 28.8 Å². The molecule has 2 aromatic rings. The van der Waals surface area contributed by atoms with Crippen molar-refractivity contribution in [1.82, 2.24) is 0 Å². The second-order valence-electron chi connectivity index (χ2n) is 6.98. The number of benzene rings is 2. The number of rotatable bonds is 6. The van der Waals surface area contributed by atoms with Crippen molar-refractivity contribution in [2.24, 2.45) is 5.92 Å². The average Bonchev–Trinajstić information content (AvgIpc) is 3.27. The highest BCUT2D eigenvalue weighted by molar-refractivity contribution is 5.82. The molecule has 0 aromatic heterocycles. The Balaban J connectivity index is 1.56. The Morgan fingerprint density at radius 2 is 1.75 bits per heavy atom. The van der Waals surface area contributed by atoms with Crippen LogP contribution >= 0.6 is 0 Å². The number of esters is 1. The van der Waals surface area contributed by atoms with E-state index in [2.05, 4.69) is 0 Å². The molecule has 28 heavy (non-hydrogen) atoms. The summed E-state index contributed by atoms with van der Waals surface area (Å²) in [5, 5.41) is 11.2. The maximum absolute atomic E-state index is 12.4. The number of carbonyl (C=O) groups excluding carboxylic acids is 1. The van der Waals surface area contributed by atoms with Crippen molar-refractivity contribution in [3.8, 4) is 23.0 Å². The SMILES string of the molecule is COc1ccc(C[C@]2(O)C(=O)OC[C@@H]2Cc2ccc3c(c2)OCO3)cc1OC. The van der Waals surface area contributed by atoms with Crippen LogP contribution in [-0.2, 0) is 22.4 Å². The molecule has 0 unspecified atom stereocenters. The van der Waals surface area contributed by atoms with E-state index >= 15 is 0 Å². The van der Waals surface area contributed by atoms with Gasteiger partial charge in [0, 0.05) is 12.3 Å². The van der Waals surface area contributed by atoms with Gasteiger partial charge in [0.2, 0.25) is 6.79 Å². The van der Waals surface area contributed by atoms with E-state index in [1.165, 1.54) is 0 Å². The summed E-state index contributed by atoms with van der Waals surface area (Å²) in [6.07, 6.45) is 0.605. The number of aliphatic hydroxyl groups is 1. The Hall–Kier alpha value is -2.93. The smallest absolute Gasteiger partial charge is 0.338 e. The summed E-state index contributed by atoms with van der Waals surface area (Å²) in [7, 11) is 3.10. The Morgan fingerprint density at radius 1 is 1.00 bits per heavy atom. The lowest BCUT2D eigenvalue weighted by molar-refractivity contribution is -0.154. The van der Waals surface area contributed by atoms with E-state index in [0.29, 0.717) is 29.4 Å². The molecule has 2 atom stereocenters. The highest BCUT2D eigenvalue weighted by Crippen LogP contribution is 2.38. The minimum Gasteiger partial charge on any atom is -0.493 e. The minimum absolute atomic E-state index is 0.126. The topological polar surface area (TPSA) is 83.5 Å². The van der Waals surface area contributed by atoms with Crippen molar-refractivity contribution < 1.29 is 33.6 Å². The van der Waals surface area contributed by atoms with Crippen molar-refractivity contribution in [1.29, 1.82) is 0 Å². The number of methoxy groups -OCH3 is 2. The Morgan fingerprint density at radius 3 is 2.54 bits per heavy atom. The Labute approximate surface area is 162 Å². The molecule has 0 amide bonds. The number of carbonyl (C=O) groups is 1. The third-order valence-electron chi connectivity index (χ3n) is 5.29. The molecule has 7 heteroatoms. The van der Waals surface area contributed by atoms with E-state index in [9.17, 15) is 9.90 Å². The van der Waals surface area contributed by atoms with Crippen molar-refractivity contribution in [3.63, 3.8) is 0 Å². The molecule has 148 valence electrons. The van der Waals surface area contributed by atoms with Crippen molar-refractivity contribution in [2.45, 2.75) is 18.4 Å². The first-order valence-corrected chi connectivity index (χ1v) is 9.02. The summed E-state index contributed by atoms with van der Waals surface area (Å²) < 4.78 is 26.5. The van der Waals surface area contributed by atoms with E-state index in [4.69, 9.17) is 23.7 Å². The lowest BCUT2D eigenvalue weighted by Gasteiger charge is -2.26. The molecule has 0 spiro atoms. The second kappa shape index (κ2) is 7.24. The van der Waals surface area contributed by atoms with Crippen LogP contribution in [0, 0.1) is 5.92 Å². The van der Waals surface area contributed by atoms with Crippen LogP contribution in [0.25, 0.3) is 0 Å². The van der Waals surface area contributed by atoms with Crippen LogP contribution in [0.15, 0.2) is 36.4 Å². The van der Waals surface area contributed by atoms with Crippen molar-refractivity contribution in [2.75, 3.05) is 27.6 Å². The fourth-order valence-electron chi connectivity index (χ4n) is 3.70. The molecule has 1 saturated heterocycles. The van der Waals surface area contributed by atoms with Gasteiger partial charge in [-0.25, -0.2) is 4.79 Å². The molecule has 7 nitrogen and oxygen atoms in total. The van der Waals surface area contributed by atoms with Crippen LogP contribution in [0.4, 0.5) is 0 Å². The minimum atomic E-state index is -1.62. The predicted octanol–water partition coefficient (Wildman–Crippen LogP) is 2.12. The summed E-state index contributed by atoms with van der Waals surface area (Å²) in [6, 6.07) is 10.9. The van der Waals surface area contributed by atoms with Crippen LogP contribution in [0.3, 0.4) is 0 Å². The zero-order valence-corrected chi connectivity index (χ0v) is 15.8. The second-order valence-corrected chi connectivity index (χ2v) is 6.98. The van der Waals surface area contributed by atoms with Crippen LogP contribution in [0.5, 0.6) is 23.0 Å². The highest BCUT2D eigenvalue weighted by Gasteiger charge is 2.51. The normalized spacial score (nSPS) is 22.8. The van der Waals surface area contributed by atoms with Crippen LogP contribution in [0.1, 0.15) is 11.1 Å². The molecular formula is C21H22O7.